The molecule has 1 saturated heterocycles. The molecule has 5 nitrogen and oxygen atoms in total. The van der Waals surface area contributed by atoms with Crippen molar-refractivity contribution in [3.05, 3.63) is 30.3 Å². The van der Waals surface area contributed by atoms with E-state index in [-0.39, 0.29) is 0 Å². The fourth-order valence-corrected chi connectivity index (χ4v) is 2.95. The molecule has 0 aromatic heterocycles. The van der Waals surface area contributed by atoms with Crippen LogP contribution in [0.15, 0.2) is 35.3 Å². The van der Waals surface area contributed by atoms with Crippen LogP contribution in [0.25, 0.3) is 0 Å². The summed E-state index contributed by atoms with van der Waals surface area (Å²) in [4.78, 5) is 9.36. The van der Waals surface area contributed by atoms with Gasteiger partial charge in [-0.05, 0) is 37.9 Å². The van der Waals surface area contributed by atoms with Crippen molar-refractivity contribution in [3.63, 3.8) is 0 Å². The SMILES string of the molecule is CN=C(NCCCN1CCN(c2ccccc2)CC1)NC(C)C(C)C. The van der Waals surface area contributed by atoms with Crippen molar-refractivity contribution in [1.29, 1.82) is 0 Å². The summed E-state index contributed by atoms with van der Waals surface area (Å²) in [6, 6.07) is 11.2. The maximum atomic E-state index is 4.31. The first-order valence-corrected chi connectivity index (χ1v) is 9.59. The number of aliphatic imine (C=N–C) groups is 1. The monoisotopic (exact) mass is 345 g/mol. The van der Waals surface area contributed by atoms with Crippen LogP contribution >= 0.6 is 0 Å². The van der Waals surface area contributed by atoms with Crippen molar-refractivity contribution in [3.8, 4) is 0 Å². The summed E-state index contributed by atoms with van der Waals surface area (Å²) in [5.74, 6) is 1.51. The number of nitrogens with one attached hydrogen (secondary N) is 2. The Labute approximate surface area is 153 Å². The van der Waals surface area contributed by atoms with Gasteiger partial charge in [-0.1, -0.05) is 32.0 Å². The number of para-hydroxylation sites is 1. The van der Waals surface area contributed by atoms with Gasteiger partial charge in [-0.3, -0.25) is 9.89 Å². The lowest BCUT2D eigenvalue weighted by Gasteiger charge is -2.36. The molecule has 0 radical (unpaired) electrons. The molecule has 2 N–H and O–H groups in total. The van der Waals surface area contributed by atoms with Crippen LogP contribution in [0.5, 0.6) is 0 Å². The number of guanidine groups is 1. The normalized spacial score (nSPS) is 17.6. The lowest BCUT2D eigenvalue weighted by atomic mass is 10.1. The molecule has 0 bridgehead atoms. The minimum atomic E-state index is 0.428. The first-order chi connectivity index (χ1) is 12.1. The number of piperazine rings is 1. The molecule has 1 aliphatic heterocycles. The van der Waals surface area contributed by atoms with Gasteiger partial charge in [-0.15, -0.1) is 0 Å². The number of rotatable bonds is 7. The molecule has 1 unspecified atom stereocenters. The summed E-state index contributed by atoms with van der Waals surface area (Å²) < 4.78 is 0. The summed E-state index contributed by atoms with van der Waals surface area (Å²) >= 11 is 0. The van der Waals surface area contributed by atoms with E-state index in [1.807, 2.05) is 7.05 Å². The Bertz CT molecular complexity index is 506. The topological polar surface area (TPSA) is 42.9 Å². The molecule has 1 heterocycles. The van der Waals surface area contributed by atoms with Crippen LogP contribution in [-0.2, 0) is 0 Å². The molecule has 1 aliphatic rings. The van der Waals surface area contributed by atoms with Gasteiger partial charge in [0.25, 0.3) is 0 Å². The predicted molar refractivity (Wildman–Crippen MR) is 109 cm³/mol. The molecule has 0 amide bonds. The molecule has 1 fully saturated rings. The summed E-state index contributed by atoms with van der Waals surface area (Å²) in [7, 11) is 1.84. The average molecular weight is 346 g/mol. The molecule has 140 valence electrons. The Balaban J connectivity index is 1.61. The number of nitrogens with zero attached hydrogens (tertiary/aromatic N) is 3. The average Bonchev–Trinajstić information content (AvgIpc) is 2.65. The highest BCUT2D eigenvalue weighted by Gasteiger charge is 2.16. The summed E-state index contributed by atoms with van der Waals surface area (Å²) in [5, 5.41) is 6.88. The smallest absolute Gasteiger partial charge is 0.191 e. The standard InChI is InChI=1S/C20H35N5/c1-17(2)18(3)23-20(21-4)22-11-8-12-24-13-15-25(16-14-24)19-9-6-5-7-10-19/h5-7,9-10,17-18H,8,11-16H2,1-4H3,(H2,21,22,23). The molecule has 0 saturated carbocycles. The highest BCUT2D eigenvalue weighted by atomic mass is 15.3. The fraction of sp³-hybridized carbons (Fsp3) is 0.650. The Kier molecular flexibility index (Phi) is 8.06. The minimum absolute atomic E-state index is 0.428. The van der Waals surface area contributed by atoms with Gasteiger partial charge in [0.05, 0.1) is 0 Å². The van der Waals surface area contributed by atoms with Crippen LogP contribution in [0, 0.1) is 5.92 Å². The lowest BCUT2D eigenvalue weighted by Crippen LogP contribution is -2.47. The number of hydrogen-bond acceptors (Lipinski definition) is 3. The Morgan fingerprint density at radius 3 is 2.36 bits per heavy atom. The fourth-order valence-electron chi connectivity index (χ4n) is 2.95. The van der Waals surface area contributed by atoms with E-state index in [9.17, 15) is 0 Å². The zero-order valence-corrected chi connectivity index (χ0v) is 16.3. The van der Waals surface area contributed by atoms with Crippen LogP contribution in [-0.4, -0.2) is 63.2 Å². The van der Waals surface area contributed by atoms with Crippen molar-refractivity contribution in [2.45, 2.75) is 33.2 Å². The van der Waals surface area contributed by atoms with Gasteiger partial charge < -0.3 is 15.5 Å². The quantitative estimate of drug-likeness (QED) is 0.452. The van der Waals surface area contributed by atoms with E-state index in [4.69, 9.17) is 0 Å². The van der Waals surface area contributed by atoms with Crippen molar-refractivity contribution in [2.24, 2.45) is 10.9 Å². The molecule has 5 heteroatoms. The molecule has 1 aromatic rings. The van der Waals surface area contributed by atoms with Crippen LogP contribution in [0.3, 0.4) is 0 Å². The van der Waals surface area contributed by atoms with E-state index < -0.39 is 0 Å². The first kappa shape index (κ1) is 19.6. The van der Waals surface area contributed by atoms with Crippen LogP contribution in [0.1, 0.15) is 27.2 Å². The predicted octanol–water partition coefficient (Wildman–Crippen LogP) is 2.41. The summed E-state index contributed by atoms with van der Waals surface area (Å²) in [6.45, 7) is 13.3. The second kappa shape index (κ2) is 10.3. The van der Waals surface area contributed by atoms with Gasteiger partial charge in [0.2, 0.25) is 0 Å². The largest absolute Gasteiger partial charge is 0.369 e. The van der Waals surface area contributed by atoms with E-state index in [0.717, 1.165) is 51.6 Å². The zero-order chi connectivity index (χ0) is 18.1. The van der Waals surface area contributed by atoms with Crippen molar-refractivity contribution in [1.82, 2.24) is 15.5 Å². The van der Waals surface area contributed by atoms with Gasteiger partial charge in [0.1, 0.15) is 0 Å². The lowest BCUT2D eigenvalue weighted by molar-refractivity contribution is 0.255. The second-order valence-electron chi connectivity index (χ2n) is 7.19. The number of benzene rings is 1. The van der Waals surface area contributed by atoms with Crippen molar-refractivity contribution < 1.29 is 0 Å². The Morgan fingerprint density at radius 1 is 1.08 bits per heavy atom. The molecular weight excluding hydrogens is 310 g/mol. The molecule has 25 heavy (non-hydrogen) atoms. The molecule has 2 rings (SSSR count). The molecular formula is C20H35N5. The molecule has 0 aliphatic carbocycles. The molecule has 1 aromatic carbocycles. The minimum Gasteiger partial charge on any atom is -0.369 e. The van der Waals surface area contributed by atoms with Gasteiger partial charge in [-0.2, -0.15) is 0 Å². The van der Waals surface area contributed by atoms with E-state index in [1.54, 1.807) is 0 Å². The Hall–Kier alpha value is -1.75. The Morgan fingerprint density at radius 2 is 1.76 bits per heavy atom. The third-order valence-electron chi connectivity index (χ3n) is 5.03. The van der Waals surface area contributed by atoms with Gasteiger partial charge in [0, 0.05) is 51.5 Å². The van der Waals surface area contributed by atoms with Gasteiger partial charge >= 0.3 is 0 Å². The van der Waals surface area contributed by atoms with Crippen molar-refractivity contribution >= 4 is 11.6 Å². The maximum Gasteiger partial charge on any atom is 0.191 e. The van der Waals surface area contributed by atoms with Crippen LogP contribution in [0.4, 0.5) is 5.69 Å². The van der Waals surface area contributed by atoms with Crippen LogP contribution < -0.4 is 15.5 Å². The first-order valence-electron chi connectivity index (χ1n) is 9.59. The highest BCUT2D eigenvalue weighted by molar-refractivity contribution is 5.79. The third kappa shape index (κ3) is 6.58. The van der Waals surface area contributed by atoms with E-state index in [1.165, 1.54) is 5.69 Å². The van der Waals surface area contributed by atoms with E-state index in [2.05, 4.69) is 76.5 Å². The van der Waals surface area contributed by atoms with Gasteiger partial charge in [0.15, 0.2) is 5.96 Å². The summed E-state index contributed by atoms with van der Waals surface area (Å²) in [5.41, 5.74) is 1.35. The van der Waals surface area contributed by atoms with Crippen LogP contribution in [0.2, 0.25) is 0 Å². The highest BCUT2D eigenvalue weighted by Crippen LogP contribution is 2.15. The van der Waals surface area contributed by atoms with Crippen molar-refractivity contribution in [2.75, 3.05) is 51.2 Å². The van der Waals surface area contributed by atoms with E-state index >= 15 is 0 Å². The third-order valence-corrected chi connectivity index (χ3v) is 5.03. The number of hydrogen-bond donors (Lipinski definition) is 2. The number of anilines is 1. The van der Waals surface area contributed by atoms with Gasteiger partial charge in [-0.25, -0.2) is 0 Å². The zero-order valence-electron chi connectivity index (χ0n) is 16.3. The molecule has 0 spiro atoms. The maximum absolute atomic E-state index is 4.31. The second-order valence-corrected chi connectivity index (χ2v) is 7.19. The van der Waals surface area contributed by atoms with E-state index in [0.29, 0.717) is 12.0 Å². The molecule has 1 atom stereocenters. The summed E-state index contributed by atoms with van der Waals surface area (Å²) in [6.07, 6.45) is 1.14.